The summed E-state index contributed by atoms with van der Waals surface area (Å²) in [4.78, 5) is 14.0. The van der Waals surface area contributed by atoms with E-state index in [4.69, 9.17) is 16.3 Å². The van der Waals surface area contributed by atoms with Crippen molar-refractivity contribution in [2.45, 2.75) is 13.0 Å². The van der Waals surface area contributed by atoms with Gasteiger partial charge in [-0.15, -0.1) is 0 Å². The molecule has 0 radical (unpaired) electrons. The number of fused-ring (bicyclic) bond motifs is 1. The number of halogens is 2. The lowest BCUT2D eigenvalue weighted by Gasteiger charge is -2.28. The third-order valence-corrected chi connectivity index (χ3v) is 4.24. The van der Waals surface area contributed by atoms with E-state index in [9.17, 15) is 9.18 Å². The maximum absolute atomic E-state index is 13.0. The molecule has 1 aliphatic rings. The Hall–Kier alpha value is -2.27. The molecule has 1 aliphatic heterocycles. The maximum atomic E-state index is 13.0. The Kier molecular flexibility index (Phi) is 5.20. The first-order valence-corrected chi connectivity index (χ1v) is 8.18. The summed E-state index contributed by atoms with van der Waals surface area (Å²) in [7, 11) is 0. The minimum Gasteiger partial charge on any atom is -0.490 e. The van der Waals surface area contributed by atoms with Crippen molar-refractivity contribution < 1.29 is 13.9 Å². The lowest BCUT2D eigenvalue weighted by molar-refractivity contribution is 0.189. The first-order valence-electron chi connectivity index (χ1n) is 7.81. The molecule has 24 heavy (non-hydrogen) atoms. The van der Waals surface area contributed by atoms with E-state index in [0.29, 0.717) is 25.4 Å². The Morgan fingerprint density at radius 2 is 2.04 bits per heavy atom. The Morgan fingerprint density at radius 3 is 2.83 bits per heavy atom. The van der Waals surface area contributed by atoms with Gasteiger partial charge in [-0.25, -0.2) is 9.18 Å². The molecule has 0 fully saturated rings. The molecule has 0 unspecified atom stereocenters. The summed E-state index contributed by atoms with van der Waals surface area (Å²) < 4.78 is 18.4. The standard InChI is InChI=1S/C18H18ClFN2O2/c19-16-11-15(20)5-6-17(16)24-10-8-21-18(23)22-9-7-13-3-1-2-4-14(13)12-22/h1-6,11H,7-10,12H2,(H,21,23). The number of amides is 2. The van der Waals surface area contributed by atoms with E-state index in [0.717, 1.165) is 6.42 Å². The van der Waals surface area contributed by atoms with Crippen molar-refractivity contribution in [1.29, 1.82) is 0 Å². The van der Waals surface area contributed by atoms with E-state index in [-0.39, 0.29) is 17.7 Å². The highest BCUT2D eigenvalue weighted by atomic mass is 35.5. The average molecular weight is 349 g/mol. The summed E-state index contributed by atoms with van der Waals surface area (Å²) >= 11 is 5.88. The van der Waals surface area contributed by atoms with Crippen molar-refractivity contribution in [3.8, 4) is 5.75 Å². The highest BCUT2D eigenvalue weighted by Crippen LogP contribution is 2.24. The summed E-state index contributed by atoms with van der Waals surface area (Å²) in [5.41, 5.74) is 2.49. The molecule has 0 aromatic heterocycles. The van der Waals surface area contributed by atoms with Gasteiger partial charge in [0, 0.05) is 13.1 Å². The van der Waals surface area contributed by atoms with Gasteiger partial charge in [0.2, 0.25) is 0 Å². The van der Waals surface area contributed by atoms with E-state index in [1.807, 2.05) is 12.1 Å². The fourth-order valence-corrected chi connectivity index (χ4v) is 2.91. The van der Waals surface area contributed by atoms with Crippen LogP contribution in [0.5, 0.6) is 5.75 Å². The summed E-state index contributed by atoms with van der Waals surface area (Å²) in [5.74, 6) is -0.00903. The fourth-order valence-electron chi connectivity index (χ4n) is 2.69. The van der Waals surface area contributed by atoms with Gasteiger partial charge < -0.3 is 15.0 Å². The number of carbonyl (C=O) groups is 1. The molecule has 0 saturated heterocycles. The summed E-state index contributed by atoms with van der Waals surface area (Å²) in [5, 5.41) is 3.05. The van der Waals surface area contributed by atoms with Crippen LogP contribution in [0.1, 0.15) is 11.1 Å². The Morgan fingerprint density at radius 1 is 1.25 bits per heavy atom. The van der Waals surface area contributed by atoms with Crippen molar-refractivity contribution in [3.63, 3.8) is 0 Å². The molecule has 4 nitrogen and oxygen atoms in total. The first kappa shape index (κ1) is 16.6. The highest BCUT2D eigenvalue weighted by molar-refractivity contribution is 6.32. The summed E-state index contributed by atoms with van der Waals surface area (Å²) in [6.45, 7) is 1.94. The highest BCUT2D eigenvalue weighted by Gasteiger charge is 2.19. The van der Waals surface area contributed by atoms with Crippen molar-refractivity contribution in [2.24, 2.45) is 0 Å². The van der Waals surface area contributed by atoms with Gasteiger partial charge in [-0.2, -0.15) is 0 Å². The van der Waals surface area contributed by atoms with E-state index in [2.05, 4.69) is 17.4 Å². The Labute approximate surface area is 145 Å². The second-order valence-corrected chi connectivity index (χ2v) is 6.00. The number of hydrogen-bond donors (Lipinski definition) is 1. The van der Waals surface area contributed by atoms with Gasteiger partial charge >= 0.3 is 6.03 Å². The molecule has 0 aliphatic carbocycles. The van der Waals surface area contributed by atoms with E-state index in [1.165, 1.54) is 29.3 Å². The topological polar surface area (TPSA) is 41.6 Å². The largest absolute Gasteiger partial charge is 0.490 e. The second-order valence-electron chi connectivity index (χ2n) is 5.60. The van der Waals surface area contributed by atoms with Crippen LogP contribution in [0.25, 0.3) is 0 Å². The van der Waals surface area contributed by atoms with Crippen LogP contribution in [-0.2, 0) is 13.0 Å². The zero-order valence-electron chi connectivity index (χ0n) is 13.1. The predicted octanol–water partition coefficient (Wildman–Crippen LogP) is 3.63. The Balaban J connectivity index is 1.45. The molecule has 6 heteroatoms. The number of nitrogens with zero attached hydrogens (tertiary/aromatic N) is 1. The molecule has 1 heterocycles. The van der Waals surface area contributed by atoms with Gasteiger partial charge in [0.05, 0.1) is 11.6 Å². The quantitative estimate of drug-likeness (QED) is 0.857. The van der Waals surface area contributed by atoms with Gasteiger partial charge in [0.1, 0.15) is 18.2 Å². The Bertz CT molecular complexity index is 739. The molecule has 2 amide bonds. The van der Waals surface area contributed by atoms with Crippen molar-refractivity contribution in [1.82, 2.24) is 10.2 Å². The molecular weight excluding hydrogens is 331 g/mol. The van der Waals surface area contributed by atoms with Gasteiger partial charge in [-0.3, -0.25) is 0 Å². The minimum absolute atomic E-state index is 0.113. The van der Waals surface area contributed by atoms with Crippen LogP contribution >= 0.6 is 11.6 Å². The monoisotopic (exact) mass is 348 g/mol. The molecule has 2 aromatic carbocycles. The molecule has 2 aromatic rings. The summed E-state index contributed by atoms with van der Waals surface area (Å²) in [6.07, 6.45) is 0.866. The van der Waals surface area contributed by atoms with Crippen LogP contribution in [-0.4, -0.2) is 30.6 Å². The third-order valence-electron chi connectivity index (χ3n) is 3.95. The van der Waals surface area contributed by atoms with E-state index >= 15 is 0 Å². The van der Waals surface area contributed by atoms with Crippen molar-refractivity contribution in [3.05, 3.63) is 64.4 Å². The predicted molar refractivity (Wildman–Crippen MR) is 90.9 cm³/mol. The number of urea groups is 1. The van der Waals surface area contributed by atoms with E-state index in [1.54, 1.807) is 4.90 Å². The fraction of sp³-hybridized carbons (Fsp3) is 0.278. The molecule has 0 bridgehead atoms. The average Bonchev–Trinajstić information content (AvgIpc) is 2.59. The molecule has 1 N–H and O–H groups in total. The molecule has 0 saturated carbocycles. The SMILES string of the molecule is O=C(NCCOc1ccc(F)cc1Cl)N1CCc2ccccc2C1. The van der Waals surface area contributed by atoms with Crippen LogP contribution in [0.4, 0.5) is 9.18 Å². The molecule has 0 atom stereocenters. The lowest BCUT2D eigenvalue weighted by atomic mass is 10.0. The maximum Gasteiger partial charge on any atom is 0.317 e. The first-order chi connectivity index (χ1) is 11.6. The minimum atomic E-state index is -0.411. The third kappa shape index (κ3) is 3.97. The number of nitrogens with one attached hydrogen (secondary N) is 1. The smallest absolute Gasteiger partial charge is 0.317 e. The zero-order chi connectivity index (χ0) is 16.9. The van der Waals surface area contributed by atoms with Crippen molar-refractivity contribution >= 4 is 17.6 Å². The molecule has 3 rings (SSSR count). The van der Waals surface area contributed by atoms with Crippen LogP contribution in [0.2, 0.25) is 5.02 Å². The second kappa shape index (κ2) is 7.53. The van der Waals surface area contributed by atoms with Gasteiger partial charge in [-0.1, -0.05) is 35.9 Å². The zero-order valence-corrected chi connectivity index (χ0v) is 13.9. The number of benzene rings is 2. The lowest BCUT2D eigenvalue weighted by Crippen LogP contribution is -2.43. The van der Waals surface area contributed by atoms with Crippen LogP contribution in [0, 0.1) is 5.82 Å². The number of rotatable bonds is 4. The molecular formula is C18H18ClFN2O2. The van der Waals surface area contributed by atoms with Crippen LogP contribution in [0.15, 0.2) is 42.5 Å². The number of ether oxygens (including phenoxy) is 1. The molecule has 0 spiro atoms. The van der Waals surface area contributed by atoms with Crippen molar-refractivity contribution in [2.75, 3.05) is 19.7 Å². The summed E-state index contributed by atoms with van der Waals surface area (Å²) in [6, 6.07) is 12.0. The van der Waals surface area contributed by atoms with Gasteiger partial charge in [-0.05, 0) is 35.7 Å². The number of hydrogen-bond acceptors (Lipinski definition) is 2. The van der Waals surface area contributed by atoms with Crippen LogP contribution in [0.3, 0.4) is 0 Å². The van der Waals surface area contributed by atoms with E-state index < -0.39 is 5.82 Å². The molecule has 126 valence electrons. The normalized spacial score (nSPS) is 13.3. The van der Waals surface area contributed by atoms with Gasteiger partial charge in [0.25, 0.3) is 0 Å². The number of carbonyl (C=O) groups excluding carboxylic acids is 1. The van der Waals surface area contributed by atoms with Crippen LogP contribution < -0.4 is 10.1 Å². The van der Waals surface area contributed by atoms with Gasteiger partial charge in [0.15, 0.2) is 0 Å².